The molecule has 7 nitrogen and oxygen atoms in total. The second-order valence-corrected chi connectivity index (χ2v) is 8.65. The van der Waals surface area contributed by atoms with Crippen molar-refractivity contribution in [3.05, 3.63) is 35.9 Å². The number of nitrogens with one attached hydrogen (secondary N) is 1. The summed E-state index contributed by atoms with van der Waals surface area (Å²) >= 11 is 0. The highest BCUT2D eigenvalue weighted by Gasteiger charge is 2.39. The molecule has 0 spiro atoms. The van der Waals surface area contributed by atoms with Crippen molar-refractivity contribution in [1.29, 1.82) is 0 Å². The molecule has 1 aliphatic heterocycles. The minimum absolute atomic E-state index is 0.127. The van der Waals surface area contributed by atoms with Gasteiger partial charge in [-0.1, -0.05) is 30.3 Å². The molecule has 1 aromatic rings. The quantitative estimate of drug-likeness (QED) is 0.601. The van der Waals surface area contributed by atoms with Crippen LogP contribution in [0.25, 0.3) is 0 Å². The lowest BCUT2D eigenvalue weighted by Gasteiger charge is -2.30. The summed E-state index contributed by atoms with van der Waals surface area (Å²) < 4.78 is 34.5. The molecule has 7 heteroatoms. The van der Waals surface area contributed by atoms with E-state index in [4.69, 9.17) is 13.6 Å². The van der Waals surface area contributed by atoms with Crippen LogP contribution in [0.1, 0.15) is 63.5 Å². The SMILES string of the molecule is [2H]C([2H])([2H])[C@H](N[C@@H](CCc1ccccc1)C(=O)OCC)C(=O)N1CCC[C@H]1C(=O)OC(C)(C)C. The third kappa shape index (κ3) is 7.65. The largest absolute Gasteiger partial charge is 0.465 e. The van der Waals surface area contributed by atoms with Gasteiger partial charge in [0.1, 0.15) is 17.7 Å². The van der Waals surface area contributed by atoms with Gasteiger partial charge in [-0.2, -0.15) is 0 Å². The summed E-state index contributed by atoms with van der Waals surface area (Å²) in [6, 6.07) is 5.92. The number of nitrogens with zero attached hydrogens (tertiary/aromatic N) is 1. The first kappa shape index (κ1) is 20.5. The molecule has 1 saturated heterocycles. The van der Waals surface area contributed by atoms with Crippen molar-refractivity contribution in [1.82, 2.24) is 10.2 Å². The first-order valence-corrected chi connectivity index (χ1v) is 10.8. The molecule has 31 heavy (non-hydrogen) atoms. The standard InChI is InChI=1S/C24H36N2O5/c1-6-30-22(28)19(15-14-18-11-8-7-9-12-18)25-17(2)21(27)26-16-10-13-20(26)23(29)31-24(3,4)5/h7-9,11-12,17,19-20,25H,6,10,13-16H2,1-5H3/t17-,19-,20-/m0/s1/i2D3. The van der Waals surface area contributed by atoms with Crippen LogP contribution >= 0.6 is 0 Å². The fraction of sp³-hybridized carbons (Fsp3) is 0.625. The summed E-state index contributed by atoms with van der Waals surface area (Å²) in [5.74, 6) is -1.93. The summed E-state index contributed by atoms with van der Waals surface area (Å²) in [4.78, 5) is 40.0. The van der Waals surface area contributed by atoms with Gasteiger partial charge >= 0.3 is 11.9 Å². The van der Waals surface area contributed by atoms with Crippen LogP contribution < -0.4 is 5.32 Å². The van der Waals surface area contributed by atoms with Crippen LogP contribution in [0.2, 0.25) is 0 Å². The molecule has 0 radical (unpaired) electrons. The van der Waals surface area contributed by atoms with E-state index in [1.165, 1.54) is 4.90 Å². The van der Waals surface area contributed by atoms with E-state index in [-0.39, 0.29) is 19.6 Å². The van der Waals surface area contributed by atoms with Gasteiger partial charge in [-0.25, -0.2) is 4.79 Å². The van der Waals surface area contributed by atoms with Gasteiger partial charge in [-0.15, -0.1) is 0 Å². The number of carbonyl (C=O) groups is 3. The summed E-state index contributed by atoms with van der Waals surface area (Å²) in [6.07, 6.45) is 1.68. The van der Waals surface area contributed by atoms with Crippen molar-refractivity contribution in [2.75, 3.05) is 13.2 Å². The molecule has 3 atom stereocenters. The second-order valence-electron chi connectivity index (χ2n) is 8.65. The van der Waals surface area contributed by atoms with Crippen LogP contribution in [0.15, 0.2) is 30.3 Å². The zero-order chi connectivity index (χ0) is 25.5. The zero-order valence-corrected chi connectivity index (χ0v) is 18.8. The molecule has 0 unspecified atom stereocenters. The van der Waals surface area contributed by atoms with Crippen molar-refractivity contribution in [2.45, 2.75) is 84.0 Å². The number of aryl methyl sites for hydroxylation is 1. The van der Waals surface area contributed by atoms with E-state index in [0.717, 1.165) is 5.56 Å². The second kappa shape index (κ2) is 11.3. The van der Waals surface area contributed by atoms with Crippen molar-refractivity contribution in [2.24, 2.45) is 0 Å². The minimum Gasteiger partial charge on any atom is -0.465 e. The fourth-order valence-electron chi connectivity index (χ4n) is 3.55. The highest BCUT2D eigenvalue weighted by molar-refractivity contribution is 5.88. The maximum absolute atomic E-state index is 13.4. The van der Waals surface area contributed by atoms with Gasteiger partial charge in [0.2, 0.25) is 5.91 Å². The monoisotopic (exact) mass is 435 g/mol. The van der Waals surface area contributed by atoms with Crippen LogP contribution in [0.4, 0.5) is 0 Å². The first-order valence-electron chi connectivity index (χ1n) is 12.3. The molecule has 172 valence electrons. The maximum atomic E-state index is 13.4. The number of esters is 2. The lowest BCUT2D eigenvalue weighted by atomic mass is 10.0. The Morgan fingerprint density at radius 2 is 1.97 bits per heavy atom. The molecule has 0 saturated carbocycles. The maximum Gasteiger partial charge on any atom is 0.329 e. The Labute approximate surface area is 189 Å². The molecule has 1 N–H and O–H groups in total. The van der Waals surface area contributed by atoms with Crippen molar-refractivity contribution in [3.8, 4) is 0 Å². The van der Waals surface area contributed by atoms with Crippen LogP contribution in [-0.4, -0.2) is 59.6 Å². The van der Waals surface area contributed by atoms with E-state index < -0.39 is 48.4 Å². The predicted octanol–water partition coefficient (Wildman–Crippen LogP) is 2.86. The minimum atomic E-state index is -2.74. The average Bonchev–Trinajstić information content (AvgIpc) is 3.22. The smallest absolute Gasteiger partial charge is 0.329 e. The molecule has 1 heterocycles. The number of carbonyl (C=O) groups excluding carboxylic acids is 3. The number of hydrogen-bond acceptors (Lipinski definition) is 6. The number of hydrogen-bond donors (Lipinski definition) is 1. The lowest BCUT2D eigenvalue weighted by Crippen LogP contribution is -2.53. The molecule has 0 bridgehead atoms. The summed E-state index contributed by atoms with van der Waals surface area (Å²) in [7, 11) is 0. The number of likely N-dealkylation sites (tertiary alicyclic amines) is 1. The van der Waals surface area contributed by atoms with Crippen molar-refractivity contribution in [3.63, 3.8) is 0 Å². The van der Waals surface area contributed by atoms with Gasteiger partial charge in [-0.3, -0.25) is 14.9 Å². The number of ether oxygens (including phenoxy) is 2. The molecule has 1 fully saturated rings. The topological polar surface area (TPSA) is 84.9 Å². The molecule has 2 rings (SSSR count). The fourth-order valence-corrected chi connectivity index (χ4v) is 3.55. The van der Waals surface area contributed by atoms with Gasteiger partial charge in [0, 0.05) is 10.7 Å². The highest BCUT2D eigenvalue weighted by Crippen LogP contribution is 2.22. The van der Waals surface area contributed by atoms with Gasteiger partial charge in [0.15, 0.2) is 0 Å². The number of rotatable bonds is 9. The molecule has 1 aromatic carbocycles. The highest BCUT2D eigenvalue weighted by atomic mass is 16.6. The molecule has 1 aliphatic rings. The third-order valence-corrected chi connectivity index (χ3v) is 4.97. The Kier molecular flexibility index (Phi) is 7.45. The molecule has 1 amide bonds. The average molecular weight is 436 g/mol. The van der Waals surface area contributed by atoms with E-state index in [1.54, 1.807) is 27.7 Å². The Bertz CT molecular complexity index is 839. The van der Waals surface area contributed by atoms with Gasteiger partial charge in [0.25, 0.3) is 0 Å². The van der Waals surface area contributed by atoms with Crippen LogP contribution in [0.5, 0.6) is 0 Å². The Morgan fingerprint density at radius 1 is 1.26 bits per heavy atom. The first-order chi connectivity index (χ1) is 15.8. The van der Waals surface area contributed by atoms with Gasteiger partial charge in [0.05, 0.1) is 12.6 Å². The Morgan fingerprint density at radius 3 is 2.58 bits per heavy atom. The number of benzene rings is 1. The van der Waals surface area contributed by atoms with Gasteiger partial charge < -0.3 is 14.4 Å². The normalized spacial score (nSPS) is 20.2. The summed E-state index contributed by atoms with van der Waals surface area (Å²) in [5.41, 5.74) is 0.239. The predicted molar refractivity (Wildman–Crippen MR) is 118 cm³/mol. The molecule has 0 aromatic heterocycles. The zero-order valence-electron chi connectivity index (χ0n) is 21.8. The lowest BCUT2D eigenvalue weighted by molar-refractivity contribution is -0.163. The van der Waals surface area contributed by atoms with Crippen molar-refractivity contribution >= 4 is 17.8 Å². The molecular formula is C24H36N2O5. The molecule has 0 aliphatic carbocycles. The van der Waals surface area contributed by atoms with Crippen LogP contribution in [0, 0.1) is 0 Å². The van der Waals surface area contributed by atoms with E-state index in [1.807, 2.05) is 30.3 Å². The Hall–Kier alpha value is -2.41. The van der Waals surface area contributed by atoms with E-state index in [2.05, 4.69) is 5.32 Å². The Balaban J connectivity index is 2.23. The van der Waals surface area contributed by atoms with E-state index >= 15 is 0 Å². The van der Waals surface area contributed by atoms with E-state index in [9.17, 15) is 14.4 Å². The summed E-state index contributed by atoms with van der Waals surface area (Å²) in [6.45, 7) is 4.48. The van der Waals surface area contributed by atoms with Crippen LogP contribution in [0.3, 0.4) is 0 Å². The molecular weight excluding hydrogens is 396 g/mol. The van der Waals surface area contributed by atoms with Crippen LogP contribution in [-0.2, 0) is 30.3 Å². The van der Waals surface area contributed by atoms with Crippen molar-refractivity contribution < 1.29 is 28.0 Å². The summed E-state index contributed by atoms with van der Waals surface area (Å²) in [5, 5.41) is 2.75. The number of amides is 1. The van der Waals surface area contributed by atoms with Gasteiger partial charge in [-0.05, 0) is 65.8 Å². The third-order valence-electron chi connectivity index (χ3n) is 4.97. The van der Waals surface area contributed by atoms with E-state index in [0.29, 0.717) is 19.3 Å².